The van der Waals surface area contributed by atoms with Crippen molar-refractivity contribution >= 4 is 22.6 Å². The summed E-state index contributed by atoms with van der Waals surface area (Å²) in [5.74, 6) is 1.36. The molecule has 1 saturated carbocycles. The van der Waals surface area contributed by atoms with Gasteiger partial charge in [0.15, 0.2) is 0 Å². The molecule has 3 rings (SSSR count). The Labute approximate surface area is 121 Å². The number of hydrogen-bond acceptors (Lipinski definition) is 3. The molecule has 0 aromatic carbocycles. The van der Waals surface area contributed by atoms with E-state index in [0.29, 0.717) is 11.5 Å². The largest absolute Gasteiger partial charge is 0.340 e. The van der Waals surface area contributed by atoms with Crippen LogP contribution >= 0.6 is 0 Å². The van der Waals surface area contributed by atoms with Crippen LogP contribution in [0.4, 0.5) is 0 Å². The minimum atomic E-state index is -0.746. The van der Waals surface area contributed by atoms with E-state index in [4.69, 9.17) is 0 Å². The Bertz CT molecular complexity index is 449. The van der Waals surface area contributed by atoms with Gasteiger partial charge in [0.05, 0.1) is 0 Å². The fourth-order valence-corrected chi connectivity index (χ4v) is 5.08. The number of hydrogen-bond donors (Lipinski definition) is 1. The summed E-state index contributed by atoms with van der Waals surface area (Å²) in [7, 11) is -0.746. The lowest BCUT2D eigenvalue weighted by molar-refractivity contribution is -0.157. The van der Waals surface area contributed by atoms with Crippen LogP contribution in [0.3, 0.4) is 0 Å². The molecular formula is C14H22N2O3S. The fourth-order valence-electron chi connectivity index (χ4n) is 3.80. The van der Waals surface area contributed by atoms with Gasteiger partial charge in [-0.05, 0) is 32.6 Å². The molecule has 0 aromatic rings. The molecule has 2 saturated heterocycles. The molecule has 0 aromatic heterocycles. The lowest BCUT2D eigenvalue weighted by Gasteiger charge is -2.47. The predicted molar refractivity (Wildman–Crippen MR) is 76.5 cm³/mol. The van der Waals surface area contributed by atoms with Crippen LogP contribution in [0.5, 0.6) is 0 Å². The van der Waals surface area contributed by atoms with E-state index in [0.717, 1.165) is 38.5 Å². The van der Waals surface area contributed by atoms with Crippen molar-refractivity contribution in [3.05, 3.63) is 0 Å². The zero-order valence-electron chi connectivity index (χ0n) is 11.9. The summed E-state index contributed by atoms with van der Waals surface area (Å²) in [5.41, 5.74) is -0.639. The Kier molecular flexibility index (Phi) is 3.60. The van der Waals surface area contributed by atoms with Crippen LogP contribution < -0.4 is 5.32 Å². The van der Waals surface area contributed by atoms with Crippen molar-refractivity contribution in [2.45, 2.75) is 63.1 Å². The molecule has 1 spiro atoms. The van der Waals surface area contributed by atoms with E-state index in [1.165, 1.54) is 0 Å². The molecule has 2 aliphatic heterocycles. The van der Waals surface area contributed by atoms with E-state index < -0.39 is 22.4 Å². The standard InChI is InChI=1S/C14H22N2O3S/c1-10-12(17)15-14(6-2-3-7-14)13(18)16(10)11-4-8-20(19)9-5-11/h10-11H,2-9H2,1H3,(H,15,17). The molecule has 3 fully saturated rings. The maximum atomic E-state index is 12.9. The first-order valence-electron chi connectivity index (χ1n) is 7.53. The maximum absolute atomic E-state index is 12.9. The number of piperazine rings is 1. The summed E-state index contributed by atoms with van der Waals surface area (Å²) < 4.78 is 11.5. The minimum absolute atomic E-state index is 0.0294. The Morgan fingerprint density at radius 1 is 1.20 bits per heavy atom. The molecule has 5 nitrogen and oxygen atoms in total. The van der Waals surface area contributed by atoms with E-state index in [2.05, 4.69) is 5.32 Å². The van der Waals surface area contributed by atoms with E-state index in [9.17, 15) is 13.8 Å². The highest BCUT2D eigenvalue weighted by Crippen LogP contribution is 2.36. The van der Waals surface area contributed by atoms with Crippen molar-refractivity contribution in [1.82, 2.24) is 10.2 Å². The first-order chi connectivity index (χ1) is 9.53. The third kappa shape index (κ3) is 2.18. The van der Waals surface area contributed by atoms with Crippen LogP contribution in [0.2, 0.25) is 0 Å². The molecule has 2 heterocycles. The highest BCUT2D eigenvalue weighted by Gasteiger charge is 2.52. The monoisotopic (exact) mass is 298 g/mol. The summed E-state index contributed by atoms with van der Waals surface area (Å²) in [4.78, 5) is 27.0. The molecule has 2 amide bonds. The molecule has 20 heavy (non-hydrogen) atoms. The normalized spacial score (nSPS) is 37.2. The number of carbonyl (C=O) groups excluding carboxylic acids is 2. The molecule has 3 aliphatic rings. The molecule has 1 N–H and O–H groups in total. The lowest BCUT2D eigenvalue weighted by Crippen LogP contribution is -2.70. The van der Waals surface area contributed by atoms with Gasteiger partial charge in [-0.1, -0.05) is 12.8 Å². The van der Waals surface area contributed by atoms with Crippen LogP contribution in [-0.2, 0) is 20.4 Å². The van der Waals surface area contributed by atoms with Crippen molar-refractivity contribution < 1.29 is 13.8 Å². The summed E-state index contributed by atoms with van der Waals surface area (Å²) >= 11 is 0. The van der Waals surface area contributed by atoms with Crippen LogP contribution in [0, 0.1) is 0 Å². The van der Waals surface area contributed by atoms with Crippen LogP contribution in [0.15, 0.2) is 0 Å². The summed E-state index contributed by atoms with van der Waals surface area (Å²) in [6.45, 7) is 1.81. The van der Waals surface area contributed by atoms with E-state index in [1.54, 1.807) is 11.8 Å². The quantitative estimate of drug-likeness (QED) is 0.769. The van der Waals surface area contributed by atoms with Gasteiger partial charge in [-0.15, -0.1) is 0 Å². The number of nitrogens with one attached hydrogen (secondary N) is 1. The topological polar surface area (TPSA) is 66.5 Å². The molecule has 1 atom stereocenters. The van der Waals surface area contributed by atoms with Crippen molar-refractivity contribution in [1.29, 1.82) is 0 Å². The van der Waals surface area contributed by atoms with E-state index in [1.807, 2.05) is 0 Å². The number of amides is 2. The Hall–Kier alpha value is -0.910. The summed E-state index contributed by atoms with van der Waals surface area (Å²) in [6, 6.07) is -0.316. The van der Waals surface area contributed by atoms with Gasteiger partial charge in [0.25, 0.3) is 0 Å². The number of nitrogens with zero attached hydrogens (tertiary/aromatic N) is 1. The highest BCUT2D eigenvalue weighted by atomic mass is 32.2. The highest BCUT2D eigenvalue weighted by molar-refractivity contribution is 7.85. The van der Waals surface area contributed by atoms with Gasteiger partial charge in [0, 0.05) is 28.3 Å². The van der Waals surface area contributed by atoms with Crippen LogP contribution in [0.1, 0.15) is 45.4 Å². The van der Waals surface area contributed by atoms with Crippen molar-refractivity contribution in [3.63, 3.8) is 0 Å². The van der Waals surface area contributed by atoms with Gasteiger partial charge in [-0.2, -0.15) is 0 Å². The lowest BCUT2D eigenvalue weighted by atomic mass is 9.89. The second-order valence-corrected chi connectivity index (χ2v) is 7.94. The average Bonchev–Trinajstić information content (AvgIpc) is 2.89. The molecule has 1 unspecified atom stereocenters. The third-order valence-electron chi connectivity index (χ3n) is 5.01. The maximum Gasteiger partial charge on any atom is 0.249 e. The first-order valence-corrected chi connectivity index (χ1v) is 9.02. The van der Waals surface area contributed by atoms with Gasteiger partial charge in [-0.3, -0.25) is 13.8 Å². The smallest absolute Gasteiger partial charge is 0.249 e. The second-order valence-electron chi connectivity index (χ2n) is 6.25. The van der Waals surface area contributed by atoms with Crippen molar-refractivity contribution in [3.8, 4) is 0 Å². The van der Waals surface area contributed by atoms with Gasteiger partial charge >= 0.3 is 0 Å². The minimum Gasteiger partial charge on any atom is -0.340 e. The van der Waals surface area contributed by atoms with Gasteiger partial charge in [0.1, 0.15) is 11.6 Å². The third-order valence-corrected chi connectivity index (χ3v) is 6.39. The van der Waals surface area contributed by atoms with E-state index >= 15 is 0 Å². The number of rotatable bonds is 1. The predicted octanol–water partition coefficient (Wildman–Crippen LogP) is 0.557. The van der Waals surface area contributed by atoms with Gasteiger partial charge in [-0.25, -0.2) is 0 Å². The molecule has 1 aliphatic carbocycles. The van der Waals surface area contributed by atoms with Gasteiger partial charge < -0.3 is 10.2 Å². The molecule has 0 bridgehead atoms. The van der Waals surface area contributed by atoms with Gasteiger partial charge in [0.2, 0.25) is 11.8 Å². The Balaban J connectivity index is 1.85. The Morgan fingerprint density at radius 3 is 2.40 bits per heavy atom. The van der Waals surface area contributed by atoms with Crippen LogP contribution in [-0.4, -0.2) is 50.1 Å². The molecule has 6 heteroatoms. The zero-order valence-corrected chi connectivity index (χ0v) is 12.7. The van der Waals surface area contributed by atoms with Crippen LogP contribution in [0.25, 0.3) is 0 Å². The SMILES string of the molecule is CC1C(=O)NC2(CCCC2)C(=O)N1C1CCS(=O)CC1. The molecule has 0 radical (unpaired) electrons. The summed E-state index contributed by atoms with van der Waals surface area (Å²) in [6.07, 6.45) is 5.04. The van der Waals surface area contributed by atoms with Crippen molar-refractivity contribution in [2.75, 3.05) is 11.5 Å². The fraction of sp³-hybridized carbons (Fsp3) is 0.857. The van der Waals surface area contributed by atoms with E-state index in [-0.39, 0.29) is 17.9 Å². The van der Waals surface area contributed by atoms with Crippen molar-refractivity contribution in [2.24, 2.45) is 0 Å². The average molecular weight is 298 g/mol. The number of carbonyl (C=O) groups is 2. The first kappa shape index (κ1) is 14.0. The Morgan fingerprint density at radius 2 is 1.80 bits per heavy atom. The summed E-state index contributed by atoms with van der Waals surface area (Å²) in [5, 5.41) is 2.98. The zero-order chi connectivity index (χ0) is 14.3. The molecule has 112 valence electrons. The second kappa shape index (κ2) is 5.13. The molecular weight excluding hydrogens is 276 g/mol.